The van der Waals surface area contributed by atoms with E-state index < -0.39 is 11.8 Å². The predicted molar refractivity (Wildman–Crippen MR) is 125 cm³/mol. The highest BCUT2D eigenvalue weighted by Crippen LogP contribution is 2.20. The molecule has 0 bridgehead atoms. The summed E-state index contributed by atoms with van der Waals surface area (Å²) in [6, 6.07) is 19.1. The van der Waals surface area contributed by atoms with Crippen molar-refractivity contribution >= 4 is 34.8 Å². The van der Waals surface area contributed by atoms with Crippen molar-refractivity contribution in [3.05, 3.63) is 95.2 Å². The van der Waals surface area contributed by atoms with Crippen LogP contribution in [0.3, 0.4) is 0 Å². The van der Waals surface area contributed by atoms with Crippen molar-refractivity contribution in [2.75, 3.05) is 10.6 Å². The molecule has 8 nitrogen and oxygen atoms in total. The molecular weight excluding hydrogens is 444 g/mol. The average molecular weight is 465 g/mol. The number of carbonyl (C=O) groups is 2. The first-order valence-electron chi connectivity index (χ1n) is 10.2. The Morgan fingerprint density at radius 1 is 1.00 bits per heavy atom. The molecule has 168 valence electrons. The molecule has 0 saturated heterocycles. The quantitative estimate of drug-likeness (QED) is 0.372. The van der Waals surface area contributed by atoms with Crippen molar-refractivity contribution in [1.82, 2.24) is 9.78 Å². The van der Waals surface area contributed by atoms with Gasteiger partial charge in [0, 0.05) is 23.5 Å². The normalized spacial score (nSPS) is 10.6. The highest BCUT2D eigenvalue weighted by Gasteiger charge is 2.21. The molecule has 9 heteroatoms. The molecule has 2 heterocycles. The van der Waals surface area contributed by atoms with Crippen LogP contribution in [-0.4, -0.2) is 21.6 Å². The van der Waals surface area contributed by atoms with Gasteiger partial charge in [-0.15, -0.1) is 0 Å². The number of aromatic nitrogens is 2. The van der Waals surface area contributed by atoms with Gasteiger partial charge in [0.25, 0.3) is 11.8 Å². The summed E-state index contributed by atoms with van der Waals surface area (Å²) in [6.07, 6.45) is 1.60. The zero-order valence-electron chi connectivity index (χ0n) is 17.7. The molecule has 33 heavy (non-hydrogen) atoms. The lowest BCUT2D eigenvalue weighted by Gasteiger charge is -2.06. The monoisotopic (exact) mass is 464 g/mol. The van der Waals surface area contributed by atoms with Gasteiger partial charge in [-0.2, -0.15) is 5.10 Å². The Kier molecular flexibility index (Phi) is 6.75. The maximum atomic E-state index is 12.7. The third kappa shape index (κ3) is 5.61. The fourth-order valence-electron chi connectivity index (χ4n) is 3.00. The van der Waals surface area contributed by atoms with Crippen LogP contribution in [0.15, 0.2) is 77.3 Å². The summed E-state index contributed by atoms with van der Waals surface area (Å²) < 4.78 is 12.8. The van der Waals surface area contributed by atoms with E-state index in [1.165, 1.54) is 0 Å². The van der Waals surface area contributed by atoms with Gasteiger partial charge in [0.05, 0.1) is 5.69 Å². The first kappa shape index (κ1) is 22.2. The number of ether oxygens (including phenoxy) is 1. The van der Waals surface area contributed by atoms with E-state index in [1.54, 1.807) is 59.4 Å². The number of amides is 2. The molecule has 0 aliphatic rings. The maximum Gasteiger partial charge on any atom is 0.291 e. The van der Waals surface area contributed by atoms with Crippen LogP contribution in [0.4, 0.5) is 11.4 Å². The molecule has 0 aliphatic carbocycles. The second kappa shape index (κ2) is 10.1. The van der Waals surface area contributed by atoms with Gasteiger partial charge in [-0.1, -0.05) is 29.8 Å². The number of aryl methyl sites for hydroxylation is 1. The standard InChI is InChI=1S/C24H21ClN4O4/c1-2-29-14-20(22(28-29)24(31)26-17-6-4-3-5-7-17)27-23(30)21-13-12-19(33-21)15-32-18-10-8-16(25)9-11-18/h3-14H,2,15H2,1H3,(H,26,31)(H,27,30). The van der Waals surface area contributed by atoms with E-state index in [4.69, 9.17) is 20.8 Å². The third-order valence-electron chi connectivity index (χ3n) is 4.66. The number of para-hydroxylation sites is 1. The van der Waals surface area contributed by atoms with Gasteiger partial charge < -0.3 is 19.8 Å². The van der Waals surface area contributed by atoms with E-state index in [2.05, 4.69) is 15.7 Å². The van der Waals surface area contributed by atoms with Gasteiger partial charge in [0.1, 0.15) is 18.1 Å². The number of benzene rings is 2. The van der Waals surface area contributed by atoms with Crippen LogP contribution < -0.4 is 15.4 Å². The molecule has 2 aromatic carbocycles. The van der Waals surface area contributed by atoms with Crippen molar-refractivity contribution in [3.63, 3.8) is 0 Å². The summed E-state index contributed by atoms with van der Waals surface area (Å²) in [5.41, 5.74) is 1.01. The minimum atomic E-state index is -0.503. The van der Waals surface area contributed by atoms with Gasteiger partial charge in [-0.3, -0.25) is 14.3 Å². The second-order valence-electron chi connectivity index (χ2n) is 7.03. The Balaban J connectivity index is 1.43. The molecule has 0 atom stereocenters. The number of furan rings is 1. The summed E-state index contributed by atoms with van der Waals surface area (Å²) in [4.78, 5) is 25.5. The SMILES string of the molecule is CCn1cc(NC(=O)c2ccc(COc3ccc(Cl)cc3)o2)c(C(=O)Nc2ccccc2)n1. The minimum Gasteiger partial charge on any atom is -0.486 e. The van der Waals surface area contributed by atoms with Crippen molar-refractivity contribution in [2.45, 2.75) is 20.1 Å². The number of halogens is 1. The lowest BCUT2D eigenvalue weighted by Crippen LogP contribution is -2.17. The zero-order valence-corrected chi connectivity index (χ0v) is 18.5. The van der Waals surface area contributed by atoms with Crippen molar-refractivity contribution in [1.29, 1.82) is 0 Å². The summed E-state index contributed by atoms with van der Waals surface area (Å²) in [7, 11) is 0. The number of nitrogens with one attached hydrogen (secondary N) is 2. The highest BCUT2D eigenvalue weighted by molar-refractivity contribution is 6.30. The number of nitrogens with zero attached hydrogens (tertiary/aromatic N) is 2. The lowest BCUT2D eigenvalue weighted by molar-refractivity contribution is 0.0992. The van der Waals surface area contributed by atoms with Gasteiger partial charge in [-0.25, -0.2) is 0 Å². The first-order valence-corrected chi connectivity index (χ1v) is 10.6. The van der Waals surface area contributed by atoms with Crippen LogP contribution in [-0.2, 0) is 13.2 Å². The smallest absolute Gasteiger partial charge is 0.291 e. The molecule has 0 unspecified atom stereocenters. The molecule has 2 N–H and O–H groups in total. The Morgan fingerprint density at radius 2 is 1.76 bits per heavy atom. The Hall–Kier alpha value is -4.04. The van der Waals surface area contributed by atoms with Crippen molar-refractivity contribution in [3.8, 4) is 5.75 Å². The van der Waals surface area contributed by atoms with Gasteiger partial charge >= 0.3 is 0 Å². The Labute approximate surface area is 195 Å². The summed E-state index contributed by atoms with van der Waals surface area (Å²) in [5.74, 6) is 0.255. The van der Waals surface area contributed by atoms with E-state index >= 15 is 0 Å². The number of rotatable bonds is 8. The molecule has 0 saturated carbocycles. The molecule has 4 rings (SSSR count). The summed E-state index contributed by atoms with van der Waals surface area (Å²) >= 11 is 5.87. The first-order chi connectivity index (χ1) is 16.0. The minimum absolute atomic E-state index is 0.0865. The lowest BCUT2D eigenvalue weighted by atomic mass is 10.3. The number of hydrogen-bond donors (Lipinski definition) is 2. The third-order valence-corrected chi connectivity index (χ3v) is 4.91. The zero-order chi connectivity index (χ0) is 23.2. The van der Waals surface area contributed by atoms with Gasteiger partial charge in [-0.05, 0) is 55.5 Å². The van der Waals surface area contributed by atoms with Crippen LogP contribution in [0.1, 0.15) is 33.7 Å². The fourth-order valence-corrected chi connectivity index (χ4v) is 3.13. The number of carbonyl (C=O) groups excluding carboxylic acids is 2. The second-order valence-corrected chi connectivity index (χ2v) is 7.47. The predicted octanol–water partition coefficient (Wildman–Crippen LogP) is 5.23. The fraction of sp³-hybridized carbons (Fsp3) is 0.125. The molecule has 0 radical (unpaired) electrons. The maximum absolute atomic E-state index is 12.7. The molecule has 0 aliphatic heterocycles. The van der Waals surface area contributed by atoms with Crippen molar-refractivity contribution < 1.29 is 18.7 Å². The van der Waals surface area contributed by atoms with E-state index in [9.17, 15) is 9.59 Å². The topological polar surface area (TPSA) is 98.4 Å². The summed E-state index contributed by atoms with van der Waals surface area (Å²) in [5, 5.41) is 10.4. The number of hydrogen-bond acceptors (Lipinski definition) is 5. The van der Waals surface area contributed by atoms with Gasteiger partial charge in [0.15, 0.2) is 11.5 Å². The molecule has 2 aromatic heterocycles. The molecular formula is C24H21ClN4O4. The summed E-state index contributed by atoms with van der Waals surface area (Å²) in [6.45, 7) is 2.57. The van der Waals surface area contributed by atoms with Crippen LogP contribution in [0, 0.1) is 0 Å². The van der Waals surface area contributed by atoms with E-state index in [1.807, 2.05) is 25.1 Å². The average Bonchev–Trinajstić information content (AvgIpc) is 3.46. The van der Waals surface area contributed by atoms with Crippen LogP contribution in [0.5, 0.6) is 5.75 Å². The van der Waals surface area contributed by atoms with Gasteiger partial charge in [0.2, 0.25) is 0 Å². The van der Waals surface area contributed by atoms with Crippen LogP contribution in [0.25, 0.3) is 0 Å². The van der Waals surface area contributed by atoms with E-state index in [0.717, 1.165) is 0 Å². The molecule has 2 amide bonds. The molecule has 0 spiro atoms. The van der Waals surface area contributed by atoms with Crippen LogP contribution >= 0.6 is 11.6 Å². The highest BCUT2D eigenvalue weighted by atomic mass is 35.5. The number of anilines is 2. The van der Waals surface area contributed by atoms with E-state index in [0.29, 0.717) is 28.8 Å². The molecule has 4 aromatic rings. The largest absolute Gasteiger partial charge is 0.486 e. The Morgan fingerprint density at radius 3 is 2.48 bits per heavy atom. The molecule has 0 fully saturated rings. The van der Waals surface area contributed by atoms with E-state index in [-0.39, 0.29) is 23.7 Å². The Bertz CT molecular complexity index is 1250. The van der Waals surface area contributed by atoms with Crippen molar-refractivity contribution in [2.24, 2.45) is 0 Å². The van der Waals surface area contributed by atoms with Crippen LogP contribution in [0.2, 0.25) is 5.02 Å².